The van der Waals surface area contributed by atoms with Gasteiger partial charge in [-0.3, -0.25) is 0 Å². The number of hydrogen-bond acceptors (Lipinski definition) is 7. The molecule has 0 unspecified atom stereocenters. The lowest BCUT2D eigenvalue weighted by Crippen LogP contribution is -2.02. The minimum Gasteiger partial charge on any atom is -0.324 e. The Bertz CT molecular complexity index is 1210. The van der Waals surface area contributed by atoms with Crippen LogP contribution in [0.4, 0.5) is 11.6 Å². The maximum Gasteiger partial charge on any atom is 0.229 e. The van der Waals surface area contributed by atoms with E-state index in [0.29, 0.717) is 34.8 Å². The van der Waals surface area contributed by atoms with Gasteiger partial charge in [0.05, 0.1) is 36.0 Å². The van der Waals surface area contributed by atoms with Gasteiger partial charge in [-0.05, 0) is 35.9 Å². The number of rotatable bonds is 4. The molecule has 8 nitrogen and oxygen atoms in total. The summed E-state index contributed by atoms with van der Waals surface area (Å²) in [6.07, 6.45) is 1.90. The lowest BCUT2D eigenvalue weighted by Gasteiger charge is -2.06. The monoisotopic (exact) mass is 352 g/mol. The quantitative estimate of drug-likeness (QED) is 0.600. The molecule has 2 aromatic carbocycles. The van der Waals surface area contributed by atoms with Crippen molar-refractivity contribution in [3.05, 3.63) is 65.9 Å². The molecule has 0 saturated heterocycles. The third-order valence-corrected chi connectivity index (χ3v) is 3.88. The zero-order chi connectivity index (χ0) is 18.6. The zero-order valence-corrected chi connectivity index (χ0v) is 14.0. The highest BCUT2D eigenvalue weighted by Gasteiger charge is 2.11. The number of nitrogens with zero attached hydrogens (tertiary/aromatic N) is 7. The first-order valence-electron chi connectivity index (χ1n) is 8.09. The molecule has 2 heterocycles. The first-order valence-corrected chi connectivity index (χ1v) is 8.09. The molecule has 4 rings (SSSR count). The highest BCUT2D eigenvalue weighted by Crippen LogP contribution is 2.19. The van der Waals surface area contributed by atoms with Gasteiger partial charge in [0, 0.05) is 5.69 Å². The summed E-state index contributed by atoms with van der Waals surface area (Å²) < 4.78 is 1.61. The van der Waals surface area contributed by atoms with E-state index in [0.717, 1.165) is 11.3 Å². The minimum atomic E-state index is 0.317. The average Bonchev–Trinajstić information content (AvgIpc) is 3.12. The normalized spacial score (nSPS) is 10.3. The Balaban J connectivity index is 1.72. The SMILES string of the molecule is N#CCc1cccc(-n2nnc3cnc(Nc4cccc(C#N)c4)nc32)c1. The lowest BCUT2D eigenvalue weighted by molar-refractivity contribution is 0.816. The summed E-state index contributed by atoms with van der Waals surface area (Å²) >= 11 is 0. The fourth-order valence-corrected chi connectivity index (χ4v) is 2.65. The molecule has 1 N–H and O–H groups in total. The van der Waals surface area contributed by atoms with E-state index in [4.69, 9.17) is 10.5 Å². The first kappa shape index (κ1) is 16.2. The Morgan fingerprint density at radius 2 is 1.96 bits per heavy atom. The lowest BCUT2D eigenvalue weighted by atomic mass is 10.1. The molecule has 128 valence electrons. The molecule has 0 radical (unpaired) electrons. The van der Waals surface area contributed by atoms with Gasteiger partial charge in [-0.2, -0.15) is 20.2 Å². The smallest absolute Gasteiger partial charge is 0.229 e. The molecule has 0 amide bonds. The van der Waals surface area contributed by atoms with E-state index >= 15 is 0 Å². The highest BCUT2D eigenvalue weighted by molar-refractivity contribution is 5.73. The van der Waals surface area contributed by atoms with E-state index in [1.54, 1.807) is 29.1 Å². The van der Waals surface area contributed by atoms with Gasteiger partial charge in [-0.1, -0.05) is 23.4 Å². The molecule has 27 heavy (non-hydrogen) atoms. The summed E-state index contributed by atoms with van der Waals surface area (Å²) in [5, 5.41) is 29.2. The number of anilines is 2. The topological polar surface area (TPSA) is 116 Å². The van der Waals surface area contributed by atoms with Crippen molar-refractivity contribution in [1.82, 2.24) is 25.0 Å². The minimum absolute atomic E-state index is 0.317. The van der Waals surface area contributed by atoms with Crippen LogP contribution in [0.15, 0.2) is 54.7 Å². The van der Waals surface area contributed by atoms with Crippen molar-refractivity contribution < 1.29 is 0 Å². The van der Waals surface area contributed by atoms with Crippen LogP contribution in [0, 0.1) is 22.7 Å². The molecule has 0 fully saturated rings. The fraction of sp³-hybridized carbons (Fsp3) is 0.0526. The van der Waals surface area contributed by atoms with Crippen molar-refractivity contribution in [2.45, 2.75) is 6.42 Å². The maximum absolute atomic E-state index is 9.02. The Hall–Kier alpha value is -4.30. The molecule has 0 atom stereocenters. The molecule has 0 spiro atoms. The standard InChI is InChI=1S/C19H12N8/c20-8-7-13-3-2-6-16(10-13)27-18-17(25-26-27)12-22-19(24-18)23-15-5-1-4-14(9-15)11-21/h1-6,9-10,12H,7H2,(H,22,23,24). The van der Waals surface area contributed by atoms with Gasteiger partial charge in [-0.25, -0.2) is 4.98 Å². The molecule has 0 saturated carbocycles. The summed E-state index contributed by atoms with van der Waals surface area (Å²) in [7, 11) is 0. The van der Waals surface area contributed by atoms with Crippen LogP contribution in [0.25, 0.3) is 16.9 Å². The van der Waals surface area contributed by atoms with Crippen LogP contribution in [0.1, 0.15) is 11.1 Å². The maximum atomic E-state index is 9.02. The zero-order valence-electron chi connectivity index (χ0n) is 14.0. The summed E-state index contributed by atoms with van der Waals surface area (Å²) in [4.78, 5) is 8.75. The van der Waals surface area contributed by atoms with Crippen molar-refractivity contribution in [2.24, 2.45) is 0 Å². The molecule has 2 aromatic heterocycles. The number of hydrogen-bond donors (Lipinski definition) is 1. The molecule has 0 aliphatic heterocycles. The van der Waals surface area contributed by atoms with Crippen LogP contribution in [0.5, 0.6) is 0 Å². The van der Waals surface area contributed by atoms with Crippen LogP contribution in [-0.4, -0.2) is 25.0 Å². The van der Waals surface area contributed by atoms with Gasteiger partial charge in [0.1, 0.15) is 0 Å². The summed E-state index contributed by atoms with van der Waals surface area (Å²) in [5.74, 6) is 0.370. The number of nitriles is 2. The van der Waals surface area contributed by atoms with E-state index in [1.165, 1.54) is 0 Å². The third kappa shape index (κ3) is 3.28. The van der Waals surface area contributed by atoms with Crippen LogP contribution in [-0.2, 0) is 6.42 Å². The third-order valence-electron chi connectivity index (χ3n) is 3.88. The van der Waals surface area contributed by atoms with Crippen LogP contribution in [0.3, 0.4) is 0 Å². The van der Waals surface area contributed by atoms with Crippen molar-refractivity contribution in [2.75, 3.05) is 5.32 Å². The van der Waals surface area contributed by atoms with E-state index in [-0.39, 0.29) is 0 Å². The van der Waals surface area contributed by atoms with Gasteiger partial charge >= 0.3 is 0 Å². The second kappa shape index (κ2) is 6.90. The predicted octanol–water partition coefficient (Wildman–Crippen LogP) is 2.89. The Morgan fingerprint density at radius 1 is 1.07 bits per heavy atom. The molecule has 0 bridgehead atoms. The molecule has 0 aliphatic rings. The number of aromatic nitrogens is 5. The van der Waals surface area contributed by atoms with Crippen molar-refractivity contribution in [3.8, 4) is 17.8 Å². The number of nitrogens with one attached hydrogen (secondary N) is 1. The van der Waals surface area contributed by atoms with Crippen molar-refractivity contribution >= 4 is 22.8 Å². The number of benzene rings is 2. The summed E-state index contributed by atoms with van der Waals surface area (Å²) in [5.41, 5.74) is 4.00. The second-order valence-electron chi connectivity index (χ2n) is 5.73. The van der Waals surface area contributed by atoms with Crippen LogP contribution in [0.2, 0.25) is 0 Å². The summed E-state index contributed by atoms with van der Waals surface area (Å²) in [6.45, 7) is 0. The van der Waals surface area contributed by atoms with Gasteiger partial charge in [0.2, 0.25) is 5.95 Å². The molecular formula is C19H12N8. The largest absolute Gasteiger partial charge is 0.324 e. The molecule has 4 aromatic rings. The van der Waals surface area contributed by atoms with Gasteiger partial charge in [0.25, 0.3) is 0 Å². The first-order chi connectivity index (χ1) is 13.3. The van der Waals surface area contributed by atoms with Crippen molar-refractivity contribution in [3.63, 3.8) is 0 Å². The molecule has 0 aliphatic carbocycles. The van der Waals surface area contributed by atoms with Gasteiger partial charge in [0.15, 0.2) is 11.2 Å². The average molecular weight is 352 g/mol. The molecular weight excluding hydrogens is 340 g/mol. The summed E-state index contributed by atoms with van der Waals surface area (Å²) in [6, 6.07) is 18.8. The molecule has 8 heteroatoms. The fourth-order valence-electron chi connectivity index (χ4n) is 2.65. The van der Waals surface area contributed by atoms with E-state index < -0.39 is 0 Å². The van der Waals surface area contributed by atoms with E-state index in [1.807, 2.05) is 30.3 Å². The van der Waals surface area contributed by atoms with Gasteiger partial charge < -0.3 is 5.32 Å². The van der Waals surface area contributed by atoms with Crippen LogP contribution >= 0.6 is 0 Å². The number of fused-ring (bicyclic) bond motifs is 1. The van der Waals surface area contributed by atoms with Crippen molar-refractivity contribution in [1.29, 1.82) is 10.5 Å². The Morgan fingerprint density at radius 3 is 2.81 bits per heavy atom. The highest BCUT2D eigenvalue weighted by atomic mass is 15.4. The second-order valence-corrected chi connectivity index (χ2v) is 5.73. The predicted molar refractivity (Wildman–Crippen MR) is 98.2 cm³/mol. The Kier molecular flexibility index (Phi) is 4.14. The van der Waals surface area contributed by atoms with E-state index in [2.05, 4.69) is 37.7 Å². The van der Waals surface area contributed by atoms with E-state index in [9.17, 15) is 0 Å². The van der Waals surface area contributed by atoms with Gasteiger partial charge in [-0.15, -0.1) is 5.10 Å². The van der Waals surface area contributed by atoms with Crippen LogP contribution < -0.4 is 5.32 Å². The Labute approximate surface area is 154 Å².